The summed E-state index contributed by atoms with van der Waals surface area (Å²) in [6, 6.07) is 0. The van der Waals surface area contributed by atoms with Crippen molar-refractivity contribution in [3.05, 3.63) is 0 Å². The second-order valence-electron chi connectivity index (χ2n) is 7.71. The van der Waals surface area contributed by atoms with Crippen LogP contribution in [0.1, 0.15) is 124 Å². The first-order valence-electron chi connectivity index (χ1n) is 10.9. The molecular weight excluding hydrogens is 296 g/mol. The van der Waals surface area contributed by atoms with Gasteiger partial charge in [0.1, 0.15) is 0 Å². The van der Waals surface area contributed by atoms with E-state index in [9.17, 15) is 9.90 Å². The zero-order valence-corrected chi connectivity index (χ0v) is 16.8. The minimum Gasteiger partial charge on any atom is -0.481 e. The molecular formula is C22H44O2. The lowest BCUT2D eigenvalue weighted by Gasteiger charge is -2.21. The van der Waals surface area contributed by atoms with Gasteiger partial charge in [0.15, 0.2) is 0 Å². The first-order chi connectivity index (χ1) is 11.6. The molecule has 2 nitrogen and oxygen atoms in total. The van der Waals surface area contributed by atoms with E-state index in [0.717, 1.165) is 12.8 Å². The molecule has 0 aliphatic heterocycles. The van der Waals surface area contributed by atoms with Crippen LogP contribution in [0.4, 0.5) is 0 Å². The van der Waals surface area contributed by atoms with Crippen LogP contribution in [-0.4, -0.2) is 11.1 Å². The molecule has 0 aliphatic rings. The maximum absolute atomic E-state index is 11.4. The Bertz CT molecular complexity index is 257. The maximum Gasteiger partial charge on any atom is 0.306 e. The fraction of sp³-hybridized carbons (Fsp3) is 0.955. The minimum atomic E-state index is -0.606. The van der Waals surface area contributed by atoms with Crippen LogP contribution in [0.5, 0.6) is 0 Å². The van der Waals surface area contributed by atoms with Crippen LogP contribution in [0.15, 0.2) is 0 Å². The normalized spacial score (nSPS) is 12.7. The smallest absolute Gasteiger partial charge is 0.306 e. The fourth-order valence-electron chi connectivity index (χ4n) is 3.57. The quantitative estimate of drug-likeness (QED) is 0.261. The zero-order chi connectivity index (χ0) is 18.0. The summed E-state index contributed by atoms with van der Waals surface area (Å²) in [6.45, 7) is 6.42. The van der Waals surface area contributed by atoms with Crippen molar-refractivity contribution in [2.75, 3.05) is 0 Å². The highest BCUT2D eigenvalue weighted by atomic mass is 16.4. The van der Waals surface area contributed by atoms with Crippen molar-refractivity contribution in [3.8, 4) is 0 Å². The Labute approximate surface area is 151 Å². The van der Waals surface area contributed by atoms with Crippen LogP contribution in [-0.2, 0) is 4.79 Å². The van der Waals surface area contributed by atoms with Gasteiger partial charge in [-0.05, 0) is 18.8 Å². The Balaban J connectivity index is 3.84. The SMILES string of the molecule is CCCCCCCCCC(CCCCCCCCC)C(C)C(=O)O. The first-order valence-corrected chi connectivity index (χ1v) is 10.9. The molecule has 0 rings (SSSR count). The van der Waals surface area contributed by atoms with Crippen LogP contribution in [0.2, 0.25) is 0 Å². The van der Waals surface area contributed by atoms with Gasteiger partial charge < -0.3 is 5.11 Å². The lowest BCUT2D eigenvalue weighted by Crippen LogP contribution is -2.20. The van der Waals surface area contributed by atoms with Crippen LogP contribution >= 0.6 is 0 Å². The molecule has 0 radical (unpaired) electrons. The molecule has 1 N–H and O–H groups in total. The van der Waals surface area contributed by atoms with E-state index in [0.29, 0.717) is 5.92 Å². The molecule has 0 aromatic rings. The van der Waals surface area contributed by atoms with Gasteiger partial charge in [-0.3, -0.25) is 4.79 Å². The van der Waals surface area contributed by atoms with Crippen LogP contribution in [0.25, 0.3) is 0 Å². The van der Waals surface area contributed by atoms with Crippen LogP contribution < -0.4 is 0 Å². The van der Waals surface area contributed by atoms with E-state index < -0.39 is 5.97 Å². The molecule has 0 fully saturated rings. The fourth-order valence-corrected chi connectivity index (χ4v) is 3.57. The van der Waals surface area contributed by atoms with Crippen molar-refractivity contribution < 1.29 is 9.90 Å². The molecule has 0 spiro atoms. The van der Waals surface area contributed by atoms with Crippen molar-refractivity contribution >= 4 is 5.97 Å². The Morgan fingerprint density at radius 1 is 0.667 bits per heavy atom. The molecule has 0 saturated heterocycles. The van der Waals surface area contributed by atoms with Crippen LogP contribution in [0.3, 0.4) is 0 Å². The summed E-state index contributed by atoms with van der Waals surface area (Å²) >= 11 is 0. The monoisotopic (exact) mass is 340 g/mol. The molecule has 0 aromatic carbocycles. The van der Waals surface area contributed by atoms with E-state index >= 15 is 0 Å². The summed E-state index contributed by atoms with van der Waals surface area (Å²) in [7, 11) is 0. The van der Waals surface area contributed by atoms with Gasteiger partial charge in [-0.1, -0.05) is 111 Å². The molecule has 0 bridgehead atoms. The molecule has 0 saturated carbocycles. The van der Waals surface area contributed by atoms with Gasteiger partial charge >= 0.3 is 5.97 Å². The average molecular weight is 341 g/mol. The lowest BCUT2D eigenvalue weighted by molar-refractivity contribution is -0.143. The number of hydrogen-bond donors (Lipinski definition) is 1. The molecule has 1 atom stereocenters. The third kappa shape index (κ3) is 13.9. The van der Waals surface area contributed by atoms with Gasteiger partial charge in [0.05, 0.1) is 5.92 Å². The second kappa shape index (κ2) is 17.3. The molecule has 24 heavy (non-hydrogen) atoms. The topological polar surface area (TPSA) is 37.3 Å². The summed E-state index contributed by atoms with van der Waals surface area (Å²) in [6.07, 6.45) is 20.6. The summed E-state index contributed by atoms with van der Waals surface area (Å²) in [5.74, 6) is -0.398. The standard InChI is InChI=1S/C22H44O2/c1-4-6-8-10-12-14-16-18-21(20(3)22(23)24)19-17-15-13-11-9-7-5-2/h20-21H,4-19H2,1-3H3,(H,23,24). The summed E-state index contributed by atoms with van der Waals surface area (Å²) in [5, 5.41) is 9.35. The number of carbonyl (C=O) groups is 1. The molecule has 0 heterocycles. The molecule has 0 aromatic heterocycles. The molecule has 144 valence electrons. The number of hydrogen-bond acceptors (Lipinski definition) is 1. The second-order valence-corrected chi connectivity index (χ2v) is 7.71. The van der Waals surface area contributed by atoms with Gasteiger partial charge in [0, 0.05) is 0 Å². The van der Waals surface area contributed by atoms with E-state index in [4.69, 9.17) is 0 Å². The highest BCUT2D eigenvalue weighted by Crippen LogP contribution is 2.26. The number of carboxylic acids is 1. The van der Waals surface area contributed by atoms with E-state index in [1.165, 1.54) is 89.9 Å². The molecule has 1 unspecified atom stereocenters. The summed E-state index contributed by atoms with van der Waals surface area (Å²) < 4.78 is 0. The predicted octanol–water partition coefficient (Wildman–Crippen LogP) is 7.60. The Hall–Kier alpha value is -0.530. The maximum atomic E-state index is 11.4. The highest BCUT2D eigenvalue weighted by molar-refractivity contribution is 5.69. The van der Waals surface area contributed by atoms with Crippen molar-refractivity contribution in [1.82, 2.24) is 0 Å². The van der Waals surface area contributed by atoms with Crippen molar-refractivity contribution in [2.24, 2.45) is 11.8 Å². The summed E-state index contributed by atoms with van der Waals surface area (Å²) in [4.78, 5) is 11.4. The van der Waals surface area contributed by atoms with E-state index in [2.05, 4.69) is 13.8 Å². The predicted molar refractivity (Wildman–Crippen MR) is 106 cm³/mol. The highest BCUT2D eigenvalue weighted by Gasteiger charge is 2.22. The summed E-state index contributed by atoms with van der Waals surface area (Å²) in [5.41, 5.74) is 0. The van der Waals surface area contributed by atoms with Gasteiger partial charge in [-0.15, -0.1) is 0 Å². The zero-order valence-electron chi connectivity index (χ0n) is 16.8. The Morgan fingerprint density at radius 2 is 1.00 bits per heavy atom. The van der Waals surface area contributed by atoms with Crippen molar-refractivity contribution in [2.45, 2.75) is 124 Å². The van der Waals surface area contributed by atoms with Crippen molar-refractivity contribution in [1.29, 1.82) is 0 Å². The largest absolute Gasteiger partial charge is 0.481 e. The third-order valence-corrected chi connectivity index (χ3v) is 5.45. The number of aliphatic carboxylic acids is 1. The molecule has 0 amide bonds. The van der Waals surface area contributed by atoms with Gasteiger partial charge in [0.25, 0.3) is 0 Å². The van der Waals surface area contributed by atoms with Gasteiger partial charge in [0.2, 0.25) is 0 Å². The van der Waals surface area contributed by atoms with Gasteiger partial charge in [-0.25, -0.2) is 0 Å². The third-order valence-electron chi connectivity index (χ3n) is 5.45. The van der Waals surface area contributed by atoms with E-state index in [-0.39, 0.29) is 5.92 Å². The minimum absolute atomic E-state index is 0.176. The van der Waals surface area contributed by atoms with E-state index in [1.54, 1.807) is 0 Å². The van der Waals surface area contributed by atoms with Crippen LogP contribution in [0, 0.1) is 11.8 Å². The van der Waals surface area contributed by atoms with Crippen molar-refractivity contribution in [3.63, 3.8) is 0 Å². The number of unbranched alkanes of at least 4 members (excludes halogenated alkanes) is 12. The molecule has 0 aliphatic carbocycles. The molecule has 2 heteroatoms. The Kier molecular flexibility index (Phi) is 16.9. The van der Waals surface area contributed by atoms with E-state index in [1.807, 2.05) is 6.92 Å². The first kappa shape index (κ1) is 23.5. The lowest BCUT2D eigenvalue weighted by atomic mass is 9.84. The number of carboxylic acid groups (broad SMARTS) is 1. The Morgan fingerprint density at radius 3 is 1.33 bits per heavy atom. The number of rotatable bonds is 18. The van der Waals surface area contributed by atoms with Gasteiger partial charge in [-0.2, -0.15) is 0 Å². The average Bonchev–Trinajstić information content (AvgIpc) is 2.57.